The maximum absolute atomic E-state index is 13.9. The average molecular weight is 645 g/mol. The highest BCUT2D eigenvalue weighted by Gasteiger charge is 2.53. The molecule has 2 atom stereocenters. The van der Waals surface area contributed by atoms with Crippen LogP contribution in [0.5, 0.6) is 5.75 Å². The molecular weight excluding hydrogens is 610 g/mol. The van der Waals surface area contributed by atoms with Crippen molar-refractivity contribution in [2.45, 2.75) is 42.7 Å². The monoisotopic (exact) mass is 643 g/mol. The molecule has 11 heteroatoms. The maximum Gasteiger partial charge on any atom is 0.266 e. The molecule has 218 valence electrons. The van der Waals surface area contributed by atoms with Crippen molar-refractivity contribution in [1.29, 1.82) is 0 Å². The number of nitrogens with zero attached hydrogens (tertiary/aromatic N) is 1. The first-order chi connectivity index (χ1) is 19.8. The summed E-state index contributed by atoms with van der Waals surface area (Å²) in [5.41, 5.74) is 5.37. The van der Waals surface area contributed by atoms with Crippen LogP contribution in [-0.2, 0) is 19.4 Å². The third-order valence-corrected chi connectivity index (χ3v) is 8.89. The van der Waals surface area contributed by atoms with E-state index >= 15 is 0 Å². The first-order valence-corrected chi connectivity index (χ1v) is 15.9. The Kier molecular flexibility index (Phi) is 10.5. The average Bonchev–Trinajstić information content (AvgIpc) is 3.38. The molecule has 1 aliphatic rings. The van der Waals surface area contributed by atoms with Gasteiger partial charge in [-0.15, -0.1) is 0 Å². The predicted molar refractivity (Wildman–Crippen MR) is 160 cm³/mol. The Bertz CT molecular complexity index is 1430. The quantitative estimate of drug-likeness (QED) is 0.176. The molecule has 3 N–H and O–H groups in total. The second-order valence-electron chi connectivity index (χ2n) is 9.60. The number of nitrogens with one attached hydrogen (secondary N) is 2. The lowest BCUT2D eigenvalue weighted by atomic mass is 9.85. The number of sulfone groups is 1. The van der Waals surface area contributed by atoms with Gasteiger partial charge in [-0.05, 0) is 60.5 Å². The Balaban J connectivity index is 1.74. The number of carbonyl (C=O) groups is 1. The number of hydrogen-bond donors (Lipinski definition) is 3. The number of hydrogen-bond acceptors (Lipinski definition) is 8. The Morgan fingerprint density at radius 3 is 2.44 bits per heavy atom. The Morgan fingerprint density at radius 2 is 1.78 bits per heavy atom. The third-order valence-electron chi connectivity index (χ3n) is 6.63. The maximum atomic E-state index is 13.9. The zero-order chi connectivity index (χ0) is 29.3. The van der Waals surface area contributed by atoms with Crippen molar-refractivity contribution in [3.8, 4) is 5.75 Å². The van der Waals surface area contributed by atoms with Crippen LogP contribution in [-0.4, -0.2) is 56.4 Å². The van der Waals surface area contributed by atoms with E-state index in [0.29, 0.717) is 36.4 Å². The van der Waals surface area contributed by atoms with Gasteiger partial charge in [0.2, 0.25) is 5.90 Å². The van der Waals surface area contributed by atoms with Gasteiger partial charge >= 0.3 is 0 Å². The predicted octanol–water partition coefficient (Wildman–Crippen LogP) is 4.36. The molecule has 1 aliphatic heterocycles. The van der Waals surface area contributed by atoms with Crippen molar-refractivity contribution >= 4 is 37.6 Å². The summed E-state index contributed by atoms with van der Waals surface area (Å²) in [5, 5.41) is 9.00. The summed E-state index contributed by atoms with van der Waals surface area (Å²) in [5.74, 6) is 0.0406. The summed E-state index contributed by atoms with van der Waals surface area (Å²) in [6.07, 6.45) is 0.294. The molecule has 41 heavy (non-hydrogen) atoms. The highest BCUT2D eigenvalue weighted by atomic mass is 79.9. The molecule has 3 aromatic carbocycles. The highest BCUT2D eigenvalue weighted by molar-refractivity contribution is 9.10. The lowest BCUT2D eigenvalue weighted by molar-refractivity contribution is -0.130. The van der Waals surface area contributed by atoms with Crippen LogP contribution in [0, 0.1) is 0 Å². The Hall–Kier alpha value is -3.25. The molecule has 0 saturated heterocycles. The lowest BCUT2D eigenvalue weighted by Gasteiger charge is -2.30. The molecule has 0 aromatic heterocycles. The fraction of sp³-hybridized carbons (Fsp3) is 0.333. The number of rotatable bonds is 14. The summed E-state index contributed by atoms with van der Waals surface area (Å²) in [4.78, 5) is 18.9. The van der Waals surface area contributed by atoms with Gasteiger partial charge in [0.25, 0.3) is 5.91 Å². The number of benzene rings is 3. The van der Waals surface area contributed by atoms with Crippen LogP contribution in [0.2, 0.25) is 0 Å². The Labute approximate surface area is 249 Å². The van der Waals surface area contributed by atoms with Crippen LogP contribution in [0.3, 0.4) is 0 Å². The Morgan fingerprint density at radius 1 is 1.07 bits per heavy atom. The van der Waals surface area contributed by atoms with Crippen molar-refractivity contribution in [3.05, 3.63) is 94.5 Å². The number of halogens is 1. The SMILES string of the molecule is CCCNNC(=O)[C@@]1(CCS(=O)(=O)c2ccccc2)N=C(c2ccc(OCCCO)cc2)O[C@H]1c1ccc(Br)cc1. The van der Waals surface area contributed by atoms with Crippen LogP contribution in [0.25, 0.3) is 0 Å². The first kappa shape index (κ1) is 30.7. The summed E-state index contributed by atoms with van der Waals surface area (Å²) in [6.45, 7) is 2.92. The molecule has 0 unspecified atom stereocenters. The van der Waals surface area contributed by atoms with E-state index in [1.165, 1.54) is 0 Å². The zero-order valence-corrected chi connectivity index (χ0v) is 25.2. The van der Waals surface area contributed by atoms with Crippen LogP contribution in [0.15, 0.2) is 93.2 Å². The van der Waals surface area contributed by atoms with Crippen molar-refractivity contribution in [2.24, 2.45) is 4.99 Å². The van der Waals surface area contributed by atoms with E-state index in [4.69, 9.17) is 19.6 Å². The summed E-state index contributed by atoms with van der Waals surface area (Å²) < 4.78 is 39.5. The second-order valence-corrected chi connectivity index (χ2v) is 12.6. The molecular formula is C30H34BrN3O6S. The summed E-state index contributed by atoms with van der Waals surface area (Å²) in [7, 11) is -3.72. The number of aliphatic imine (C=N–C) groups is 1. The van der Waals surface area contributed by atoms with E-state index in [1.54, 1.807) is 54.6 Å². The van der Waals surface area contributed by atoms with E-state index in [2.05, 4.69) is 26.8 Å². The van der Waals surface area contributed by atoms with Gasteiger partial charge in [0.1, 0.15) is 5.75 Å². The number of amides is 1. The smallest absolute Gasteiger partial charge is 0.266 e. The van der Waals surface area contributed by atoms with Gasteiger partial charge in [-0.25, -0.2) is 18.8 Å². The van der Waals surface area contributed by atoms with Crippen molar-refractivity contribution in [2.75, 3.05) is 25.5 Å². The fourth-order valence-corrected chi connectivity index (χ4v) is 6.07. The van der Waals surface area contributed by atoms with Crippen LogP contribution >= 0.6 is 15.9 Å². The second kappa shape index (κ2) is 14.1. The fourth-order valence-electron chi connectivity index (χ4n) is 4.42. The number of aliphatic hydroxyl groups excluding tert-OH is 1. The minimum absolute atomic E-state index is 0.0391. The summed E-state index contributed by atoms with van der Waals surface area (Å²) in [6, 6.07) is 22.6. The zero-order valence-electron chi connectivity index (χ0n) is 22.8. The largest absolute Gasteiger partial charge is 0.494 e. The van der Waals surface area contributed by atoms with Crippen LogP contribution < -0.4 is 15.6 Å². The molecule has 0 bridgehead atoms. The van der Waals surface area contributed by atoms with Gasteiger partial charge < -0.3 is 14.6 Å². The van der Waals surface area contributed by atoms with E-state index < -0.39 is 27.4 Å². The van der Waals surface area contributed by atoms with Crippen LogP contribution in [0.4, 0.5) is 0 Å². The molecule has 0 spiro atoms. The van der Waals surface area contributed by atoms with E-state index in [9.17, 15) is 13.2 Å². The van der Waals surface area contributed by atoms with Crippen molar-refractivity contribution in [1.82, 2.24) is 10.9 Å². The third kappa shape index (κ3) is 7.53. The minimum atomic E-state index is -3.72. The lowest BCUT2D eigenvalue weighted by Crippen LogP contribution is -2.53. The molecule has 0 fully saturated rings. The van der Waals surface area contributed by atoms with Gasteiger partial charge in [-0.1, -0.05) is 53.2 Å². The van der Waals surface area contributed by atoms with Crippen molar-refractivity contribution in [3.63, 3.8) is 0 Å². The number of carbonyl (C=O) groups excluding carboxylic acids is 1. The van der Waals surface area contributed by atoms with E-state index in [-0.39, 0.29) is 29.6 Å². The van der Waals surface area contributed by atoms with Gasteiger partial charge in [0.15, 0.2) is 21.5 Å². The van der Waals surface area contributed by atoms with Gasteiger partial charge in [0.05, 0.1) is 17.3 Å². The standard InChI is InChI=1S/C30H34BrN3O6S/c1-2-18-32-34-29(36)30(17-21-41(37,38)26-7-4-3-5-8-26)27(22-9-13-24(31)14-10-22)40-28(33-30)23-11-15-25(16-12-23)39-20-6-19-35/h3-5,7-16,27,32,35H,2,6,17-21H2,1H3,(H,34,36)/t27-,30-/m0/s1. The summed E-state index contributed by atoms with van der Waals surface area (Å²) >= 11 is 3.45. The number of aliphatic hydroxyl groups is 1. The molecule has 0 radical (unpaired) electrons. The number of ether oxygens (including phenoxy) is 2. The van der Waals surface area contributed by atoms with Crippen molar-refractivity contribution < 1.29 is 27.8 Å². The first-order valence-electron chi connectivity index (χ1n) is 13.5. The minimum Gasteiger partial charge on any atom is -0.494 e. The van der Waals surface area contributed by atoms with Gasteiger partial charge in [0, 0.05) is 36.0 Å². The molecule has 4 rings (SSSR count). The van der Waals surface area contributed by atoms with Crippen LogP contribution in [0.1, 0.15) is 43.4 Å². The molecule has 9 nitrogen and oxygen atoms in total. The normalized spacial score (nSPS) is 18.4. The van der Waals surface area contributed by atoms with E-state index in [1.807, 2.05) is 31.2 Å². The van der Waals surface area contributed by atoms with Gasteiger partial charge in [-0.2, -0.15) is 0 Å². The molecule has 3 aromatic rings. The van der Waals surface area contributed by atoms with Gasteiger partial charge in [-0.3, -0.25) is 10.2 Å². The molecule has 0 aliphatic carbocycles. The van der Waals surface area contributed by atoms with E-state index in [0.717, 1.165) is 10.9 Å². The topological polar surface area (TPSA) is 126 Å². The number of hydrazine groups is 1. The molecule has 1 amide bonds. The molecule has 0 saturated carbocycles. The highest BCUT2D eigenvalue weighted by Crippen LogP contribution is 2.43. The molecule has 1 heterocycles.